The first-order chi connectivity index (χ1) is 16.1. The average Bonchev–Trinajstić information content (AvgIpc) is 2.82. The van der Waals surface area contributed by atoms with Crippen LogP contribution in [0, 0.1) is 6.92 Å². The summed E-state index contributed by atoms with van der Waals surface area (Å²) in [5, 5.41) is 0.435. The molecule has 0 saturated carbocycles. The number of piperidine rings is 1. The SMILES string of the molecule is Cc1nc(NS(=O)(=O)c2ccc(Cl)cc2)ncc1Sc1ccc(S(=O)(=O)N2CCCCC2)cc1. The van der Waals surface area contributed by atoms with Crippen LogP contribution in [-0.2, 0) is 20.0 Å². The summed E-state index contributed by atoms with van der Waals surface area (Å²) in [7, 11) is -7.33. The van der Waals surface area contributed by atoms with Crippen LogP contribution in [0.1, 0.15) is 25.0 Å². The Hall–Kier alpha value is -2.18. The summed E-state index contributed by atoms with van der Waals surface area (Å²) in [6.45, 7) is 2.87. The van der Waals surface area contributed by atoms with E-state index in [1.54, 1.807) is 35.5 Å². The van der Waals surface area contributed by atoms with Crippen molar-refractivity contribution in [3.05, 3.63) is 65.4 Å². The number of anilines is 1. The summed E-state index contributed by atoms with van der Waals surface area (Å²) >= 11 is 7.19. The van der Waals surface area contributed by atoms with Gasteiger partial charge in [-0.25, -0.2) is 31.5 Å². The van der Waals surface area contributed by atoms with E-state index in [-0.39, 0.29) is 15.7 Å². The molecule has 1 aliphatic heterocycles. The van der Waals surface area contributed by atoms with Crippen LogP contribution < -0.4 is 4.72 Å². The number of halogens is 1. The van der Waals surface area contributed by atoms with Gasteiger partial charge in [0, 0.05) is 29.2 Å². The Labute approximate surface area is 208 Å². The second-order valence-electron chi connectivity index (χ2n) is 7.74. The van der Waals surface area contributed by atoms with Gasteiger partial charge >= 0.3 is 0 Å². The standard InChI is InChI=1S/C22H23ClN4O4S3/c1-16-21(15-24-22(25-16)26-33(28,29)19-9-5-17(23)6-10-19)32-18-7-11-20(12-8-18)34(30,31)27-13-3-2-4-14-27/h5-12,15H,2-4,13-14H2,1H3,(H,24,25,26). The molecule has 0 atom stereocenters. The molecule has 12 heteroatoms. The van der Waals surface area contributed by atoms with E-state index >= 15 is 0 Å². The van der Waals surface area contributed by atoms with Crippen molar-refractivity contribution in [3.63, 3.8) is 0 Å². The zero-order chi connectivity index (χ0) is 24.3. The molecule has 1 aromatic heterocycles. The summed E-state index contributed by atoms with van der Waals surface area (Å²) in [5.41, 5.74) is 0.582. The summed E-state index contributed by atoms with van der Waals surface area (Å²) in [4.78, 5) is 10.3. The van der Waals surface area contributed by atoms with Crippen molar-refractivity contribution < 1.29 is 16.8 Å². The zero-order valence-electron chi connectivity index (χ0n) is 18.3. The minimum atomic E-state index is -3.85. The molecular formula is C22H23ClN4O4S3. The number of rotatable bonds is 7. The molecule has 0 aliphatic carbocycles. The van der Waals surface area contributed by atoms with Gasteiger partial charge < -0.3 is 0 Å². The van der Waals surface area contributed by atoms with E-state index in [4.69, 9.17) is 11.6 Å². The van der Waals surface area contributed by atoms with E-state index in [1.807, 2.05) is 0 Å². The van der Waals surface area contributed by atoms with E-state index in [0.717, 1.165) is 29.1 Å². The van der Waals surface area contributed by atoms with Crippen LogP contribution in [-0.4, -0.2) is 44.2 Å². The second-order valence-corrected chi connectivity index (χ2v) is 12.9. The number of aryl methyl sites for hydroxylation is 1. The smallest absolute Gasteiger partial charge is 0.247 e. The monoisotopic (exact) mass is 538 g/mol. The van der Waals surface area contributed by atoms with Gasteiger partial charge in [0.15, 0.2) is 0 Å². The maximum absolute atomic E-state index is 12.8. The van der Waals surface area contributed by atoms with Gasteiger partial charge in [-0.2, -0.15) is 4.31 Å². The molecular weight excluding hydrogens is 516 g/mol. The molecule has 0 radical (unpaired) electrons. The molecule has 0 amide bonds. The largest absolute Gasteiger partial charge is 0.264 e. The molecule has 0 bridgehead atoms. The van der Waals surface area contributed by atoms with Crippen LogP contribution in [0.15, 0.2) is 74.3 Å². The van der Waals surface area contributed by atoms with Gasteiger partial charge in [0.25, 0.3) is 10.0 Å². The lowest BCUT2D eigenvalue weighted by Crippen LogP contribution is -2.35. The number of sulfonamides is 2. The van der Waals surface area contributed by atoms with Gasteiger partial charge in [-0.3, -0.25) is 0 Å². The van der Waals surface area contributed by atoms with Crippen molar-refractivity contribution in [1.29, 1.82) is 0 Å². The molecule has 0 unspecified atom stereocenters. The van der Waals surface area contributed by atoms with Crippen LogP contribution >= 0.6 is 23.4 Å². The summed E-state index contributed by atoms with van der Waals surface area (Å²) in [6.07, 6.45) is 4.37. The third-order valence-electron chi connectivity index (χ3n) is 5.29. The van der Waals surface area contributed by atoms with Crippen LogP contribution in [0.3, 0.4) is 0 Å². The van der Waals surface area contributed by atoms with E-state index in [1.165, 1.54) is 42.2 Å². The number of hydrogen-bond acceptors (Lipinski definition) is 7. The first-order valence-electron chi connectivity index (χ1n) is 10.6. The van der Waals surface area contributed by atoms with Gasteiger partial charge in [-0.1, -0.05) is 29.8 Å². The molecule has 2 aromatic carbocycles. The summed E-state index contributed by atoms with van der Waals surface area (Å²) in [6, 6.07) is 12.5. The fourth-order valence-corrected chi connectivity index (χ4v) is 6.88. The Morgan fingerprint density at radius 1 is 0.912 bits per heavy atom. The van der Waals surface area contributed by atoms with Crippen LogP contribution in [0.5, 0.6) is 0 Å². The molecule has 1 N–H and O–H groups in total. The molecule has 1 aliphatic rings. The Kier molecular flexibility index (Phi) is 7.48. The lowest BCUT2D eigenvalue weighted by Gasteiger charge is -2.25. The Balaban J connectivity index is 1.46. The van der Waals surface area contributed by atoms with E-state index in [9.17, 15) is 16.8 Å². The van der Waals surface area contributed by atoms with Crippen molar-refractivity contribution in [1.82, 2.24) is 14.3 Å². The minimum Gasteiger partial charge on any atom is -0.247 e. The predicted octanol–water partition coefficient (Wildman–Crippen LogP) is 4.57. The van der Waals surface area contributed by atoms with Gasteiger partial charge in [0.1, 0.15) is 0 Å². The highest BCUT2D eigenvalue weighted by atomic mass is 35.5. The molecule has 1 fully saturated rings. The van der Waals surface area contributed by atoms with Crippen molar-refractivity contribution in [2.75, 3.05) is 17.8 Å². The molecule has 3 aromatic rings. The third-order valence-corrected chi connectivity index (χ3v) is 9.93. The molecule has 4 rings (SSSR count). The highest BCUT2D eigenvalue weighted by Gasteiger charge is 2.25. The minimum absolute atomic E-state index is 0.0419. The maximum Gasteiger partial charge on any atom is 0.264 e. The van der Waals surface area contributed by atoms with Crippen molar-refractivity contribution >= 4 is 49.4 Å². The summed E-state index contributed by atoms with van der Waals surface area (Å²) < 4.78 is 54.6. The van der Waals surface area contributed by atoms with Gasteiger partial charge in [0.2, 0.25) is 16.0 Å². The molecule has 0 spiro atoms. The number of hydrogen-bond donors (Lipinski definition) is 1. The Morgan fingerprint density at radius 2 is 1.53 bits per heavy atom. The van der Waals surface area contributed by atoms with E-state index < -0.39 is 20.0 Å². The van der Waals surface area contributed by atoms with Crippen LogP contribution in [0.4, 0.5) is 5.95 Å². The Bertz CT molecular complexity index is 1370. The maximum atomic E-state index is 12.8. The average molecular weight is 539 g/mol. The predicted molar refractivity (Wildman–Crippen MR) is 132 cm³/mol. The Morgan fingerprint density at radius 3 is 2.15 bits per heavy atom. The highest BCUT2D eigenvalue weighted by Crippen LogP contribution is 2.31. The highest BCUT2D eigenvalue weighted by molar-refractivity contribution is 7.99. The molecule has 1 saturated heterocycles. The molecule has 34 heavy (non-hydrogen) atoms. The van der Waals surface area contributed by atoms with Crippen LogP contribution in [0.25, 0.3) is 0 Å². The fraction of sp³-hybridized carbons (Fsp3) is 0.273. The van der Waals surface area contributed by atoms with Gasteiger partial charge in [-0.05, 0) is 68.3 Å². The van der Waals surface area contributed by atoms with E-state index in [2.05, 4.69) is 14.7 Å². The van der Waals surface area contributed by atoms with E-state index in [0.29, 0.717) is 23.8 Å². The van der Waals surface area contributed by atoms with Crippen molar-refractivity contribution in [2.24, 2.45) is 0 Å². The number of nitrogens with zero attached hydrogens (tertiary/aromatic N) is 3. The van der Waals surface area contributed by atoms with Crippen LogP contribution in [0.2, 0.25) is 5.02 Å². The first-order valence-corrected chi connectivity index (χ1v) is 14.7. The number of aromatic nitrogens is 2. The first kappa shape index (κ1) is 24.9. The fourth-order valence-electron chi connectivity index (χ4n) is 3.46. The van der Waals surface area contributed by atoms with Crippen molar-refractivity contribution in [3.8, 4) is 0 Å². The lowest BCUT2D eigenvalue weighted by molar-refractivity contribution is 0.346. The topological polar surface area (TPSA) is 109 Å². The number of nitrogens with one attached hydrogen (secondary N) is 1. The normalized spacial score (nSPS) is 15.2. The van der Waals surface area contributed by atoms with Gasteiger partial charge in [-0.15, -0.1) is 0 Å². The lowest BCUT2D eigenvalue weighted by atomic mass is 10.2. The second kappa shape index (κ2) is 10.2. The summed E-state index contributed by atoms with van der Waals surface area (Å²) in [5.74, 6) is -0.0419. The molecule has 2 heterocycles. The molecule has 180 valence electrons. The third kappa shape index (κ3) is 5.72. The zero-order valence-corrected chi connectivity index (χ0v) is 21.5. The molecule has 8 nitrogen and oxygen atoms in total. The number of benzene rings is 2. The quantitative estimate of drug-likeness (QED) is 0.469. The van der Waals surface area contributed by atoms with Gasteiger partial charge in [0.05, 0.1) is 20.4 Å². The van der Waals surface area contributed by atoms with Crippen molar-refractivity contribution in [2.45, 2.75) is 45.8 Å².